The van der Waals surface area contributed by atoms with Crippen LogP contribution in [0.3, 0.4) is 0 Å². The minimum Gasteiger partial charge on any atom is -0.496 e. The molecule has 0 aliphatic heterocycles. The number of nitrogens with zero attached hydrogens (tertiary/aromatic N) is 2. The number of hydrogen-bond acceptors (Lipinski definition) is 7. The second kappa shape index (κ2) is 13.9. The van der Waals surface area contributed by atoms with Crippen molar-refractivity contribution in [1.29, 1.82) is 0 Å². The summed E-state index contributed by atoms with van der Waals surface area (Å²) < 4.78 is 50.1. The largest absolute Gasteiger partial charge is 0.496 e. The van der Waals surface area contributed by atoms with Crippen molar-refractivity contribution in [1.82, 2.24) is 19.9 Å². The highest BCUT2D eigenvalue weighted by Gasteiger charge is 2.38. The second-order valence-electron chi connectivity index (χ2n) is 8.83. The van der Waals surface area contributed by atoms with E-state index in [2.05, 4.69) is 15.3 Å². The Balaban J connectivity index is 0.000000708. The van der Waals surface area contributed by atoms with Gasteiger partial charge in [-0.1, -0.05) is 0 Å². The van der Waals surface area contributed by atoms with Gasteiger partial charge in [0.1, 0.15) is 11.4 Å². The van der Waals surface area contributed by atoms with E-state index in [4.69, 9.17) is 24.1 Å². The number of pyridine rings is 2. The lowest BCUT2D eigenvalue weighted by Gasteiger charge is -2.24. The molecule has 3 N–H and O–H groups in total. The highest BCUT2D eigenvalue weighted by molar-refractivity contribution is 6.07. The number of aromatic amines is 1. The number of aryl methyl sites for hydroxylation is 1. The van der Waals surface area contributed by atoms with Gasteiger partial charge in [0.2, 0.25) is 0 Å². The van der Waals surface area contributed by atoms with Crippen LogP contribution in [-0.4, -0.2) is 71.2 Å². The molecule has 0 saturated carbocycles. The fraction of sp³-hybridized carbons (Fsp3) is 0.462. The molecule has 3 rings (SSSR count). The Morgan fingerprint density at radius 3 is 2.42 bits per heavy atom. The van der Waals surface area contributed by atoms with Crippen molar-refractivity contribution in [2.45, 2.75) is 52.6 Å². The zero-order chi connectivity index (χ0) is 30.2. The summed E-state index contributed by atoms with van der Waals surface area (Å²) in [6.45, 7) is 8.73. The number of rotatable bonds is 10. The van der Waals surface area contributed by atoms with Crippen molar-refractivity contribution >= 4 is 22.9 Å². The predicted molar refractivity (Wildman–Crippen MR) is 140 cm³/mol. The summed E-state index contributed by atoms with van der Waals surface area (Å²) in [4.78, 5) is 41.9. The fourth-order valence-corrected chi connectivity index (χ4v) is 4.00. The first-order valence-electron chi connectivity index (χ1n) is 12.2. The minimum atomic E-state index is -5.08. The normalized spacial score (nSPS) is 12.8. The topological polar surface area (TPSA) is 145 Å². The molecule has 40 heavy (non-hydrogen) atoms. The van der Waals surface area contributed by atoms with Crippen LogP contribution < -0.4 is 15.6 Å². The molecule has 2 atom stereocenters. The van der Waals surface area contributed by atoms with Gasteiger partial charge in [0.15, 0.2) is 0 Å². The van der Waals surface area contributed by atoms with Gasteiger partial charge in [-0.25, -0.2) is 9.78 Å². The van der Waals surface area contributed by atoms with Crippen LogP contribution in [0.1, 0.15) is 47.2 Å². The van der Waals surface area contributed by atoms with E-state index in [1.54, 1.807) is 32.4 Å². The highest BCUT2D eigenvalue weighted by Crippen LogP contribution is 2.30. The van der Waals surface area contributed by atoms with Gasteiger partial charge in [0.05, 0.1) is 50.1 Å². The van der Waals surface area contributed by atoms with Gasteiger partial charge < -0.3 is 34.2 Å². The number of aliphatic carboxylic acids is 1. The average Bonchev–Trinajstić information content (AvgIpc) is 3.18. The molecule has 0 aromatic carbocycles. The van der Waals surface area contributed by atoms with Gasteiger partial charge in [0, 0.05) is 30.1 Å². The lowest BCUT2D eigenvalue weighted by atomic mass is 10.1. The second-order valence-corrected chi connectivity index (χ2v) is 8.83. The zero-order valence-corrected chi connectivity index (χ0v) is 23.0. The Bertz CT molecular complexity index is 1390. The molecule has 3 aromatic rings. The molecule has 0 spiro atoms. The SMILES string of the molecule is COCCOC(C)C(C)n1c(C)c(C(=O)NCc2c(OC)cc(C)[nH]c2=O)c2cccnc21.O=C(O)C(F)(F)F. The molecule has 11 nitrogen and oxygen atoms in total. The Labute approximate surface area is 228 Å². The van der Waals surface area contributed by atoms with Crippen LogP contribution in [0.2, 0.25) is 0 Å². The van der Waals surface area contributed by atoms with Gasteiger partial charge >= 0.3 is 12.1 Å². The van der Waals surface area contributed by atoms with Crippen LogP contribution in [0.15, 0.2) is 29.2 Å². The van der Waals surface area contributed by atoms with Gasteiger partial charge in [0.25, 0.3) is 11.5 Å². The van der Waals surface area contributed by atoms with E-state index in [0.717, 1.165) is 11.1 Å². The maximum absolute atomic E-state index is 13.3. The number of H-pyrrole nitrogens is 1. The lowest BCUT2D eigenvalue weighted by Crippen LogP contribution is -2.28. The molecule has 14 heteroatoms. The summed E-state index contributed by atoms with van der Waals surface area (Å²) in [5, 5.41) is 10.7. The standard InChI is InChI=1S/C24H32N4O5.C2HF3O2/c1-14-12-20(32-6)19(23(29)27-14)13-26-24(30)21-16(3)28(22-18(21)8-7-9-25-22)15(2)17(4)33-11-10-31-5;3-2(4,5)1(6)7/h7-9,12,15,17H,10-11,13H2,1-6H3,(H,26,30)(H,27,29);(H,6,7). The molecule has 0 fully saturated rings. The molecule has 0 bridgehead atoms. The minimum absolute atomic E-state index is 0.0378. The number of aromatic nitrogens is 3. The molecule has 0 radical (unpaired) electrons. The fourth-order valence-electron chi connectivity index (χ4n) is 4.00. The molecular weight excluding hydrogens is 537 g/mol. The summed E-state index contributed by atoms with van der Waals surface area (Å²) in [6, 6.07) is 5.35. The molecule has 1 amide bonds. The lowest BCUT2D eigenvalue weighted by molar-refractivity contribution is -0.192. The van der Waals surface area contributed by atoms with Crippen LogP contribution >= 0.6 is 0 Å². The number of alkyl halides is 3. The molecule has 2 unspecified atom stereocenters. The summed E-state index contributed by atoms with van der Waals surface area (Å²) in [5.41, 5.74) is 2.78. The molecule has 3 heterocycles. The maximum Gasteiger partial charge on any atom is 0.490 e. The smallest absolute Gasteiger partial charge is 0.490 e. The van der Waals surface area contributed by atoms with E-state index in [1.807, 2.05) is 31.4 Å². The van der Waals surface area contributed by atoms with Crippen LogP contribution in [0, 0.1) is 13.8 Å². The monoisotopic (exact) mass is 570 g/mol. The van der Waals surface area contributed by atoms with Crippen molar-refractivity contribution in [3.05, 3.63) is 57.3 Å². The molecular formula is C26H33F3N4O7. The van der Waals surface area contributed by atoms with Crippen LogP contribution in [0.4, 0.5) is 13.2 Å². The number of carboxylic acid groups (broad SMARTS) is 1. The summed E-state index contributed by atoms with van der Waals surface area (Å²) in [7, 11) is 3.14. The van der Waals surface area contributed by atoms with Crippen LogP contribution in [0.25, 0.3) is 11.0 Å². The number of carbonyl (C=O) groups is 2. The number of nitrogens with one attached hydrogen (secondary N) is 2. The number of ether oxygens (including phenoxy) is 3. The Morgan fingerprint density at radius 1 is 1.20 bits per heavy atom. The Morgan fingerprint density at radius 2 is 1.85 bits per heavy atom. The van der Waals surface area contributed by atoms with E-state index in [9.17, 15) is 22.8 Å². The van der Waals surface area contributed by atoms with Crippen LogP contribution in [-0.2, 0) is 20.8 Å². The van der Waals surface area contributed by atoms with Gasteiger partial charge in [-0.3, -0.25) is 9.59 Å². The van der Waals surface area contributed by atoms with Crippen molar-refractivity contribution in [2.24, 2.45) is 0 Å². The van der Waals surface area contributed by atoms with Crippen LogP contribution in [0.5, 0.6) is 5.75 Å². The van der Waals surface area contributed by atoms with E-state index >= 15 is 0 Å². The van der Waals surface area contributed by atoms with Gasteiger partial charge in [-0.2, -0.15) is 13.2 Å². The zero-order valence-electron chi connectivity index (χ0n) is 23.0. The summed E-state index contributed by atoms with van der Waals surface area (Å²) >= 11 is 0. The van der Waals surface area contributed by atoms with Crippen molar-refractivity contribution in [2.75, 3.05) is 27.4 Å². The average molecular weight is 571 g/mol. The summed E-state index contributed by atoms with van der Waals surface area (Å²) in [6.07, 6.45) is -3.50. The van der Waals surface area contributed by atoms with Crippen molar-refractivity contribution in [3.63, 3.8) is 0 Å². The molecule has 3 aromatic heterocycles. The van der Waals surface area contributed by atoms with Gasteiger partial charge in [-0.05, 0) is 45.9 Å². The molecule has 220 valence electrons. The third-order valence-corrected chi connectivity index (χ3v) is 6.11. The quantitative estimate of drug-likeness (QED) is 0.314. The highest BCUT2D eigenvalue weighted by atomic mass is 19.4. The molecule has 0 aliphatic carbocycles. The van der Waals surface area contributed by atoms with E-state index in [1.165, 1.54) is 7.11 Å². The number of hydrogen-bond donors (Lipinski definition) is 3. The number of carboxylic acids is 1. The number of carbonyl (C=O) groups excluding carboxylic acids is 1. The summed E-state index contributed by atoms with van der Waals surface area (Å²) in [5.74, 6) is -2.60. The number of amides is 1. The first kappa shape index (κ1) is 32.3. The van der Waals surface area contributed by atoms with E-state index in [0.29, 0.717) is 41.4 Å². The van der Waals surface area contributed by atoms with E-state index in [-0.39, 0.29) is 30.2 Å². The van der Waals surface area contributed by atoms with Crippen molar-refractivity contribution in [3.8, 4) is 5.75 Å². The maximum atomic E-state index is 13.3. The molecule has 0 saturated heterocycles. The number of halogens is 3. The molecule has 0 aliphatic rings. The third kappa shape index (κ3) is 7.82. The number of fused-ring (bicyclic) bond motifs is 1. The third-order valence-electron chi connectivity index (χ3n) is 6.11. The van der Waals surface area contributed by atoms with Crippen molar-refractivity contribution < 1.29 is 42.1 Å². The first-order valence-corrected chi connectivity index (χ1v) is 12.2. The Hall–Kier alpha value is -3.91. The Kier molecular flexibility index (Phi) is 11.3. The number of methoxy groups -OCH3 is 2. The predicted octanol–water partition coefficient (Wildman–Crippen LogP) is 3.53. The first-order chi connectivity index (χ1) is 18.7. The van der Waals surface area contributed by atoms with Gasteiger partial charge in [-0.15, -0.1) is 0 Å². The van der Waals surface area contributed by atoms with E-state index < -0.39 is 12.1 Å².